The van der Waals surface area contributed by atoms with E-state index < -0.39 is 78.2 Å². The van der Waals surface area contributed by atoms with Crippen molar-refractivity contribution in [2.75, 3.05) is 6.26 Å². The Morgan fingerprint density at radius 2 is 1.74 bits per heavy atom. The first kappa shape index (κ1) is 33.5. The van der Waals surface area contributed by atoms with Gasteiger partial charge < -0.3 is 9.30 Å². The van der Waals surface area contributed by atoms with Crippen molar-refractivity contribution in [3.8, 4) is 5.75 Å². The van der Waals surface area contributed by atoms with Gasteiger partial charge in [-0.25, -0.2) is 30.3 Å². The molecule has 0 unspecified atom stereocenters. The third-order valence-corrected chi connectivity index (χ3v) is 9.14. The van der Waals surface area contributed by atoms with E-state index in [1.165, 1.54) is 30.4 Å². The first-order valence-electron chi connectivity index (χ1n) is 13.5. The molecule has 3 aromatic carbocycles. The van der Waals surface area contributed by atoms with Crippen LogP contribution in [-0.4, -0.2) is 45.7 Å². The normalized spacial score (nSPS) is 13.9. The molecular formula is C31H23F5N2O7S2. The first-order valence-corrected chi connectivity index (χ1v) is 17.1. The molecule has 1 aromatic heterocycles. The minimum Gasteiger partial charge on any atom is -0.406 e. The smallest absolute Gasteiger partial charge is 0.406 e. The largest absolute Gasteiger partial charge is 0.573 e. The molecule has 1 amide bonds. The standard InChI is InChI=1S/C31H23F5N2O7S2/c1-46(41,42)17-18-5-4-6-22(13-18)47(43,44)37-30(40)29-28(23-7-2-3-8-27(23)39)24-15-21(45-31(34,35)36)10-12-26(24)38(29)16-19-14-20(32)9-11-25(19)33/h2-7,9-15H,8,16-17H2,1H3,(H,37,40). The van der Waals surface area contributed by atoms with Crippen molar-refractivity contribution in [2.24, 2.45) is 0 Å². The lowest BCUT2D eigenvalue weighted by atomic mass is 9.93. The van der Waals surface area contributed by atoms with Crippen LogP contribution in [0.1, 0.15) is 33.6 Å². The van der Waals surface area contributed by atoms with Crippen LogP contribution in [0.25, 0.3) is 16.5 Å². The summed E-state index contributed by atoms with van der Waals surface area (Å²) in [6, 6.07) is 10.1. The van der Waals surface area contributed by atoms with Gasteiger partial charge in [-0.2, -0.15) is 0 Å². The fourth-order valence-corrected chi connectivity index (χ4v) is 6.95. The van der Waals surface area contributed by atoms with Gasteiger partial charge in [0.25, 0.3) is 15.9 Å². The molecule has 1 aliphatic rings. The summed E-state index contributed by atoms with van der Waals surface area (Å²) >= 11 is 0. The molecule has 4 aromatic rings. The van der Waals surface area contributed by atoms with Crippen LogP contribution in [0.2, 0.25) is 0 Å². The topological polar surface area (TPSA) is 129 Å². The number of hydrogen-bond acceptors (Lipinski definition) is 7. The number of carbonyl (C=O) groups is 2. The molecule has 1 N–H and O–H groups in total. The first-order chi connectivity index (χ1) is 21.9. The van der Waals surface area contributed by atoms with Crippen molar-refractivity contribution in [1.82, 2.24) is 9.29 Å². The highest BCUT2D eigenvalue weighted by Gasteiger charge is 2.34. The molecule has 0 spiro atoms. The van der Waals surface area contributed by atoms with Crippen molar-refractivity contribution in [3.05, 3.63) is 113 Å². The van der Waals surface area contributed by atoms with Gasteiger partial charge in [0.1, 0.15) is 23.1 Å². The summed E-state index contributed by atoms with van der Waals surface area (Å²) in [5.41, 5.74) is -1.27. The second-order valence-electron chi connectivity index (χ2n) is 10.6. The molecule has 0 bridgehead atoms. The van der Waals surface area contributed by atoms with E-state index >= 15 is 0 Å². The van der Waals surface area contributed by atoms with Gasteiger partial charge in [-0.1, -0.05) is 30.4 Å². The van der Waals surface area contributed by atoms with Crippen LogP contribution in [-0.2, 0) is 37.0 Å². The minimum absolute atomic E-state index is 0.0425. The molecule has 0 aliphatic heterocycles. The van der Waals surface area contributed by atoms with Crippen molar-refractivity contribution in [1.29, 1.82) is 0 Å². The molecular weight excluding hydrogens is 671 g/mol. The lowest BCUT2D eigenvalue weighted by Gasteiger charge is -2.15. The molecule has 16 heteroatoms. The number of ether oxygens (including phenoxy) is 1. The highest BCUT2D eigenvalue weighted by Crippen LogP contribution is 2.38. The molecule has 0 saturated heterocycles. The number of alkyl halides is 3. The lowest BCUT2D eigenvalue weighted by molar-refractivity contribution is -0.274. The summed E-state index contributed by atoms with van der Waals surface area (Å²) in [5.74, 6) is -4.95. The van der Waals surface area contributed by atoms with Gasteiger partial charge in [-0.3, -0.25) is 9.59 Å². The number of sulfonamides is 1. The zero-order chi connectivity index (χ0) is 34.3. The second kappa shape index (κ2) is 12.4. The molecule has 9 nitrogen and oxygen atoms in total. The van der Waals surface area contributed by atoms with Crippen LogP contribution >= 0.6 is 0 Å². The summed E-state index contributed by atoms with van der Waals surface area (Å²) in [7, 11) is -8.32. The lowest BCUT2D eigenvalue weighted by Crippen LogP contribution is -2.33. The zero-order valence-electron chi connectivity index (χ0n) is 24.1. The summed E-state index contributed by atoms with van der Waals surface area (Å²) in [6.07, 6.45) is -0.122. The van der Waals surface area contributed by atoms with E-state index in [0.29, 0.717) is 0 Å². The Balaban J connectivity index is 1.74. The third-order valence-electron chi connectivity index (χ3n) is 6.96. The molecule has 5 rings (SSSR count). The van der Waals surface area contributed by atoms with Crippen LogP contribution in [0, 0.1) is 11.6 Å². The Labute approximate surface area is 264 Å². The van der Waals surface area contributed by atoms with Crippen molar-refractivity contribution in [2.45, 2.75) is 30.0 Å². The molecule has 0 atom stereocenters. The van der Waals surface area contributed by atoms with E-state index in [9.17, 15) is 48.4 Å². The zero-order valence-corrected chi connectivity index (χ0v) is 25.8. The maximum Gasteiger partial charge on any atom is 0.573 e. The van der Waals surface area contributed by atoms with Gasteiger partial charge in [0.05, 0.1) is 17.2 Å². The summed E-state index contributed by atoms with van der Waals surface area (Å²) in [5, 5.41) is -0.156. The van der Waals surface area contributed by atoms with Gasteiger partial charge in [-0.15, -0.1) is 13.2 Å². The monoisotopic (exact) mass is 694 g/mol. The number of halogens is 5. The third kappa shape index (κ3) is 7.60. The van der Waals surface area contributed by atoms with Crippen molar-refractivity contribution < 1.29 is 53.1 Å². The predicted molar refractivity (Wildman–Crippen MR) is 160 cm³/mol. The molecule has 0 radical (unpaired) electrons. The Morgan fingerprint density at radius 3 is 2.43 bits per heavy atom. The fraction of sp³-hybridized carbons (Fsp3) is 0.161. The maximum atomic E-state index is 14.9. The summed E-state index contributed by atoms with van der Waals surface area (Å²) < 4.78 is 126. The Kier molecular flexibility index (Phi) is 8.85. The van der Waals surface area contributed by atoms with E-state index in [1.807, 2.05) is 4.72 Å². The number of amides is 1. The van der Waals surface area contributed by atoms with Gasteiger partial charge >= 0.3 is 6.36 Å². The number of benzene rings is 3. The highest BCUT2D eigenvalue weighted by atomic mass is 32.2. The number of rotatable bonds is 9. The molecule has 0 saturated carbocycles. The number of fused-ring (bicyclic) bond motifs is 1. The second-order valence-corrected chi connectivity index (χ2v) is 14.4. The highest BCUT2D eigenvalue weighted by molar-refractivity contribution is 7.90. The number of Topliss-reactive ketones (excluding diaryl/α,β-unsaturated/α-hetero) is 1. The number of hydrogen-bond donors (Lipinski definition) is 1. The SMILES string of the molecule is CS(=O)(=O)Cc1cccc(S(=O)(=O)NC(=O)c2c(C3=CC=CCC3=O)c3cc(OC(F)(F)F)ccc3n2Cc2cc(F)ccc2F)c1. The van der Waals surface area contributed by atoms with Gasteiger partial charge in [0.15, 0.2) is 15.6 Å². The molecule has 246 valence electrons. The van der Waals surface area contributed by atoms with Gasteiger partial charge in [0.2, 0.25) is 0 Å². The number of nitrogens with one attached hydrogen (secondary N) is 1. The average Bonchev–Trinajstić information content (AvgIpc) is 3.26. The summed E-state index contributed by atoms with van der Waals surface area (Å²) in [4.78, 5) is 26.6. The maximum absolute atomic E-state index is 14.9. The van der Waals surface area contributed by atoms with E-state index in [-0.39, 0.29) is 39.6 Å². The van der Waals surface area contributed by atoms with Crippen LogP contribution in [0.4, 0.5) is 22.0 Å². The number of sulfone groups is 1. The quantitative estimate of drug-likeness (QED) is 0.231. The Hall–Kier alpha value is -4.83. The van der Waals surface area contributed by atoms with Crippen LogP contribution in [0.15, 0.2) is 83.8 Å². The van der Waals surface area contributed by atoms with Gasteiger partial charge in [-0.05, 0) is 54.1 Å². The van der Waals surface area contributed by atoms with E-state index in [4.69, 9.17) is 0 Å². The van der Waals surface area contributed by atoms with Crippen molar-refractivity contribution >= 4 is 48.0 Å². The van der Waals surface area contributed by atoms with E-state index in [2.05, 4.69) is 4.74 Å². The molecule has 0 fully saturated rings. The number of ketones is 1. The number of nitrogens with zero attached hydrogens (tertiary/aromatic N) is 1. The summed E-state index contributed by atoms with van der Waals surface area (Å²) in [6.45, 7) is -0.622. The predicted octanol–water partition coefficient (Wildman–Crippen LogP) is 5.44. The number of aromatic nitrogens is 1. The van der Waals surface area contributed by atoms with Gasteiger partial charge in [0, 0.05) is 40.3 Å². The Morgan fingerprint density at radius 1 is 1.00 bits per heavy atom. The Bertz CT molecular complexity index is 2220. The van der Waals surface area contributed by atoms with Crippen LogP contribution in [0.3, 0.4) is 0 Å². The van der Waals surface area contributed by atoms with Crippen LogP contribution in [0.5, 0.6) is 5.75 Å². The van der Waals surface area contributed by atoms with Crippen molar-refractivity contribution in [3.63, 3.8) is 0 Å². The van der Waals surface area contributed by atoms with E-state index in [1.54, 1.807) is 0 Å². The van der Waals surface area contributed by atoms with Crippen LogP contribution < -0.4 is 9.46 Å². The van der Waals surface area contributed by atoms with E-state index in [0.717, 1.165) is 59.4 Å². The fourth-order valence-electron chi connectivity index (χ4n) is 5.14. The number of allylic oxidation sites excluding steroid dienone is 4. The molecule has 47 heavy (non-hydrogen) atoms. The minimum atomic E-state index is -5.12. The average molecular weight is 695 g/mol. The molecule has 1 heterocycles. The molecule has 1 aliphatic carbocycles. The number of carbonyl (C=O) groups excluding carboxylic acids is 2.